The van der Waals surface area contributed by atoms with Crippen molar-refractivity contribution in [3.8, 4) is 0 Å². The SMILES string of the molecule is C/C=C/C[C@@H](C)[C@@H](O)[C@@H](C(=O)C[C@@H](CC)C(=O)O)N(C)C(=O)[C@H](C(C)C)N(C)C(=O)[C@H](CC(C)C)N(C)C(=O)[C@H](CC(C)C)N(C)C(=O)[C@@H](C)NC(=O)[C@H](C)CC(=O)[C@H](CC(C)C)N(C)C(=O)[C@@H](CC(=O)[C@H](C(C)C)N(CC)C(=O)[C@@H](C)NC)C(C)C. The Labute approximate surface area is 523 Å². The number of carboxylic acids is 1. The number of aliphatic hydroxyl groups excluding tert-OH is 1. The summed E-state index contributed by atoms with van der Waals surface area (Å²) in [4.78, 5) is 164. The third-order valence-electron chi connectivity index (χ3n) is 17.1. The van der Waals surface area contributed by atoms with Crippen LogP contribution in [0.3, 0.4) is 0 Å². The number of carbonyl (C=O) groups is 11. The van der Waals surface area contributed by atoms with Gasteiger partial charge in [0.05, 0.1) is 30.1 Å². The van der Waals surface area contributed by atoms with E-state index in [4.69, 9.17) is 0 Å². The van der Waals surface area contributed by atoms with Crippen LogP contribution in [0.5, 0.6) is 0 Å². The largest absolute Gasteiger partial charge is 0.481 e. The number of carboxylic acid groups (broad SMARTS) is 1. The Kier molecular flexibility index (Phi) is 35.6. The lowest BCUT2D eigenvalue weighted by Crippen LogP contribution is -2.61. The van der Waals surface area contributed by atoms with Crippen molar-refractivity contribution < 1.29 is 63.0 Å². The summed E-state index contributed by atoms with van der Waals surface area (Å²) in [6.45, 7) is 34.2. The van der Waals surface area contributed by atoms with Crippen LogP contribution < -0.4 is 10.6 Å². The number of nitrogens with zero attached hydrogens (tertiary/aromatic N) is 6. The minimum atomic E-state index is -1.44. The molecule has 0 fully saturated rings. The van der Waals surface area contributed by atoms with Gasteiger partial charge in [0.25, 0.3) is 0 Å². The first-order chi connectivity index (χ1) is 40.1. The van der Waals surface area contributed by atoms with Crippen LogP contribution in [0.4, 0.5) is 0 Å². The molecule has 4 N–H and O–H groups in total. The number of likely N-dealkylation sites (N-methyl/N-ethyl adjacent to an activating group) is 7. The van der Waals surface area contributed by atoms with Gasteiger partial charge in [0.2, 0.25) is 41.4 Å². The lowest BCUT2D eigenvalue weighted by atomic mass is 9.84. The standard InChI is InChI=1S/C66H118N8O13/c1-26-29-30-43(16)58(78)57(53(76)35-47(27-2)66(86)87)73(25)65(85)56(42(14)15)72(24)64(84)51(33-39(8)9)71(23)63(83)50(32-38(6)7)70(22)60(80)46(19)68-59(79)44(17)34-52(75)49(31-37(4)5)69(21)62(82)48(40(10)11)36-54(77)55(41(12)13)74(28-3)61(81)45(18)67-20/h26,29,37-51,55-58,67,78H,27-28,30-36H2,1-25H3,(H,68,79)(H,86,87)/b29-26+/t43-,44-,45-,46-,47-,48+,49+,50+,51+,55+,56+,57-,58-/m1/s1. The summed E-state index contributed by atoms with van der Waals surface area (Å²) in [7, 11) is 8.94. The van der Waals surface area contributed by atoms with Crippen molar-refractivity contribution in [2.24, 2.45) is 59.2 Å². The van der Waals surface area contributed by atoms with Crippen molar-refractivity contribution in [2.75, 3.05) is 48.8 Å². The highest BCUT2D eigenvalue weighted by Crippen LogP contribution is 2.29. The van der Waals surface area contributed by atoms with Gasteiger partial charge < -0.3 is 50.2 Å². The summed E-state index contributed by atoms with van der Waals surface area (Å²) in [6.07, 6.45) is 2.49. The molecular formula is C66H118N8O13. The third kappa shape index (κ3) is 23.7. The highest BCUT2D eigenvalue weighted by molar-refractivity contribution is 5.99. The molecule has 0 aromatic heterocycles. The van der Waals surface area contributed by atoms with Gasteiger partial charge in [0.15, 0.2) is 17.3 Å². The van der Waals surface area contributed by atoms with Crippen molar-refractivity contribution in [3.05, 3.63) is 12.2 Å². The van der Waals surface area contributed by atoms with Crippen LogP contribution in [0.15, 0.2) is 12.2 Å². The van der Waals surface area contributed by atoms with Crippen molar-refractivity contribution >= 4 is 64.7 Å². The Morgan fingerprint density at radius 2 is 0.920 bits per heavy atom. The normalized spacial score (nSPS) is 16.5. The van der Waals surface area contributed by atoms with Gasteiger partial charge in [-0.25, -0.2) is 0 Å². The molecule has 0 rings (SSSR count). The number of allylic oxidation sites excluding steroid dienone is 2. The van der Waals surface area contributed by atoms with Gasteiger partial charge in [-0.1, -0.05) is 116 Å². The van der Waals surface area contributed by atoms with Crippen LogP contribution in [0.2, 0.25) is 0 Å². The summed E-state index contributed by atoms with van der Waals surface area (Å²) in [5.41, 5.74) is 0. The molecule has 0 aliphatic carbocycles. The van der Waals surface area contributed by atoms with Crippen molar-refractivity contribution in [1.82, 2.24) is 40.0 Å². The molecule has 0 saturated heterocycles. The summed E-state index contributed by atoms with van der Waals surface area (Å²) in [5, 5.41) is 27.2. The Morgan fingerprint density at radius 1 is 0.483 bits per heavy atom. The van der Waals surface area contributed by atoms with Gasteiger partial charge in [-0.15, -0.1) is 0 Å². The van der Waals surface area contributed by atoms with Crippen LogP contribution in [0.1, 0.15) is 183 Å². The van der Waals surface area contributed by atoms with Crippen LogP contribution in [0, 0.1) is 59.2 Å². The maximum atomic E-state index is 15.0. The molecular weight excluding hydrogens is 1110 g/mol. The van der Waals surface area contributed by atoms with E-state index in [0.29, 0.717) is 13.0 Å². The number of nitrogens with one attached hydrogen (secondary N) is 2. The number of aliphatic carboxylic acids is 1. The lowest BCUT2D eigenvalue weighted by molar-refractivity contribution is -0.157. The summed E-state index contributed by atoms with van der Waals surface area (Å²) < 4.78 is 0. The minimum Gasteiger partial charge on any atom is -0.481 e. The van der Waals surface area contributed by atoms with Crippen LogP contribution >= 0.6 is 0 Å². The van der Waals surface area contributed by atoms with E-state index in [1.54, 1.807) is 59.6 Å². The second kappa shape index (κ2) is 38.1. The maximum absolute atomic E-state index is 15.0. The number of carbonyl (C=O) groups excluding carboxylic acids is 10. The lowest BCUT2D eigenvalue weighted by Gasteiger charge is -2.41. The topological polar surface area (TPSA) is 272 Å². The Hall–Kier alpha value is -5.57. The average molecular weight is 1230 g/mol. The fraction of sp³-hybridized carbons (Fsp3) is 0.803. The monoisotopic (exact) mass is 1230 g/mol. The fourth-order valence-electron chi connectivity index (χ4n) is 11.4. The van der Waals surface area contributed by atoms with E-state index < -0.39 is 138 Å². The number of hydrogen-bond acceptors (Lipinski definition) is 13. The molecule has 0 aromatic rings. The molecule has 0 unspecified atom stereocenters. The molecule has 21 heteroatoms. The predicted molar refractivity (Wildman–Crippen MR) is 341 cm³/mol. The molecule has 21 nitrogen and oxygen atoms in total. The van der Waals surface area contributed by atoms with E-state index in [1.165, 1.54) is 61.8 Å². The van der Waals surface area contributed by atoms with Gasteiger partial charge in [-0.05, 0) is 108 Å². The van der Waals surface area contributed by atoms with Crippen LogP contribution in [-0.4, -0.2) is 208 Å². The van der Waals surface area contributed by atoms with E-state index in [9.17, 15) is 63.0 Å². The molecule has 0 saturated carbocycles. The average Bonchev–Trinajstić information content (AvgIpc) is 1.53. The summed E-state index contributed by atoms with van der Waals surface area (Å²) >= 11 is 0. The summed E-state index contributed by atoms with van der Waals surface area (Å²) in [5.74, 6) is -10.9. The first kappa shape index (κ1) is 81.4. The van der Waals surface area contributed by atoms with Crippen LogP contribution in [0.25, 0.3) is 0 Å². The van der Waals surface area contributed by atoms with Crippen molar-refractivity contribution in [2.45, 2.75) is 237 Å². The van der Waals surface area contributed by atoms with Gasteiger partial charge in [0, 0.05) is 72.9 Å². The molecule has 7 amide bonds. The predicted octanol–water partition coefficient (Wildman–Crippen LogP) is 6.76. The van der Waals surface area contributed by atoms with E-state index in [0.717, 1.165) is 4.90 Å². The quantitative estimate of drug-likeness (QED) is 0.0462. The molecule has 500 valence electrons. The minimum absolute atomic E-state index is 0.0463. The molecule has 0 radical (unpaired) electrons. The number of ketones is 3. The van der Waals surface area contributed by atoms with Crippen LogP contribution in [-0.2, 0) is 52.7 Å². The van der Waals surface area contributed by atoms with Gasteiger partial charge >= 0.3 is 5.97 Å². The fourth-order valence-corrected chi connectivity index (χ4v) is 11.4. The molecule has 0 heterocycles. The Bertz CT molecular complexity index is 2320. The molecule has 0 aliphatic heterocycles. The van der Waals surface area contributed by atoms with Gasteiger partial charge in [-0.3, -0.25) is 52.7 Å². The first-order valence-corrected chi connectivity index (χ1v) is 31.9. The van der Waals surface area contributed by atoms with E-state index in [2.05, 4.69) is 10.6 Å². The number of hydrogen-bond donors (Lipinski definition) is 4. The zero-order chi connectivity index (χ0) is 68.0. The highest BCUT2D eigenvalue weighted by Gasteiger charge is 2.45. The van der Waals surface area contributed by atoms with Gasteiger partial charge in [0.1, 0.15) is 30.2 Å². The van der Waals surface area contributed by atoms with E-state index in [-0.39, 0.29) is 85.6 Å². The number of rotatable bonds is 40. The third-order valence-corrected chi connectivity index (χ3v) is 17.1. The van der Waals surface area contributed by atoms with E-state index in [1.807, 2.05) is 89.2 Å². The number of amides is 7. The molecule has 0 aromatic carbocycles. The molecule has 87 heavy (non-hydrogen) atoms. The maximum Gasteiger partial charge on any atom is 0.306 e. The zero-order valence-corrected chi connectivity index (χ0v) is 58.1. The first-order valence-electron chi connectivity index (χ1n) is 31.9. The number of Topliss-reactive ketones (excluding diaryl/α,β-unsaturated/α-hetero) is 3. The Morgan fingerprint density at radius 3 is 1.33 bits per heavy atom. The Balaban J connectivity index is 6.91. The molecule has 13 atom stereocenters. The van der Waals surface area contributed by atoms with Crippen molar-refractivity contribution in [3.63, 3.8) is 0 Å². The second-order valence-electron chi connectivity index (χ2n) is 26.8. The number of aliphatic hydroxyl groups is 1. The smallest absolute Gasteiger partial charge is 0.306 e. The molecule has 0 bridgehead atoms. The van der Waals surface area contributed by atoms with Crippen molar-refractivity contribution in [1.29, 1.82) is 0 Å². The van der Waals surface area contributed by atoms with Gasteiger partial charge in [-0.2, -0.15) is 0 Å². The molecule has 0 aliphatic rings. The highest BCUT2D eigenvalue weighted by atomic mass is 16.4. The van der Waals surface area contributed by atoms with E-state index >= 15 is 0 Å². The second-order valence-corrected chi connectivity index (χ2v) is 26.8. The molecule has 0 spiro atoms. The summed E-state index contributed by atoms with van der Waals surface area (Å²) in [6, 6.07) is -8.35. The zero-order valence-electron chi connectivity index (χ0n) is 58.1.